The highest BCUT2D eigenvalue weighted by molar-refractivity contribution is 6.04. The molecule has 2 aromatic rings. The molecular weight excluding hydrogens is 266 g/mol. The van der Waals surface area contributed by atoms with E-state index in [-0.39, 0.29) is 12.5 Å². The van der Waals surface area contributed by atoms with Crippen molar-refractivity contribution in [3.05, 3.63) is 59.2 Å². The zero-order chi connectivity index (χ0) is 15.2. The van der Waals surface area contributed by atoms with Gasteiger partial charge in [0.15, 0.2) is 0 Å². The van der Waals surface area contributed by atoms with Crippen LogP contribution in [0.4, 0.5) is 5.69 Å². The smallest absolute Gasteiger partial charge is 0.255 e. The molecule has 0 saturated carbocycles. The molecule has 0 aliphatic heterocycles. The van der Waals surface area contributed by atoms with Crippen LogP contribution in [0.2, 0.25) is 0 Å². The van der Waals surface area contributed by atoms with Crippen LogP contribution < -0.4 is 10.1 Å². The summed E-state index contributed by atoms with van der Waals surface area (Å²) >= 11 is 0. The van der Waals surface area contributed by atoms with E-state index in [4.69, 9.17) is 4.74 Å². The average Bonchev–Trinajstić information content (AvgIpc) is 2.54. The molecule has 0 saturated heterocycles. The van der Waals surface area contributed by atoms with Crippen molar-refractivity contribution in [1.29, 1.82) is 0 Å². The van der Waals surface area contributed by atoms with Crippen LogP contribution >= 0.6 is 0 Å². The van der Waals surface area contributed by atoms with Crippen molar-refractivity contribution >= 4 is 11.6 Å². The van der Waals surface area contributed by atoms with Crippen LogP contribution in [-0.2, 0) is 13.0 Å². The number of carbonyl (C=O) groups excluding carboxylic acids is 1. The van der Waals surface area contributed by atoms with E-state index in [0.29, 0.717) is 22.6 Å². The fourth-order valence-corrected chi connectivity index (χ4v) is 2.07. The van der Waals surface area contributed by atoms with E-state index in [1.54, 1.807) is 25.3 Å². The molecule has 0 aromatic heterocycles. The predicted octanol–water partition coefficient (Wildman–Crippen LogP) is 3.00. The zero-order valence-electron chi connectivity index (χ0n) is 12.2. The van der Waals surface area contributed by atoms with E-state index in [1.807, 2.05) is 24.3 Å². The highest BCUT2D eigenvalue weighted by Gasteiger charge is 2.08. The maximum atomic E-state index is 12.2. The Morgan fingerprint density at radius 3 is 2.48 bits per heavy atom. The zero-order valence-corrected chi connectivity index (χ0v) is 12.2. The van der Waals surface area contributed by atoms with Crippen molar-refractivity contribution in [2.75, 3.05) is 12.4 Å². The number of carbonyl (C=O) groups is 1. The highest BCUT2D eigenvalue weighted by Crippen LogP contribution is 2.23. The Bertz CT molecular complexity index is 620. The van der Waals surface area contributed by atoms with E-state index in [1.165, 1.54) is 5.56 Å². The quantitative estimate of drug-likeness (QED) is 0.888. The van der Waals surface area contributed by atoms with Crippen LogP contribution in [0.5, 0.6) is 5.75 Å². The third-order valence-corrected chi connectivity index (χ3v) is 3.33. The van der Waals surface area contributed by atoms with Crippen LogP contribution in [0.25, 0.3) is 0 Å². The molecule has 0 aliphatic rings. The van der Waals surface area contributed by atoms with Gasteiger partial charge in [-0.1, -0.05) is 19.1 Å². The molecule has 4 heteroatoms. The summed E-state index contributed by atoms with van der Waals surface area (Å²) in [5, 5.41) is 12.1. The van der Waals surface area contributed by atoms with E-state index in [0.717, 1.165) is 6.42 Å². The SMILES string of the molecule is CCc1ccc(C(=O)Nc2ccc(OC)c(CO)c2)cc1. The molecule has 0 spiro atoms. The number of nitrogens with one attached hydrogen (secondary N) is 1. The number of anilines is 1. The first-order valence-electron chi connectivity index (χ1n) is 6.86. The molecular formula is C17H19NO3. The second kappa shape index (κ2) is 6.90. The minimum atomic E-state index is -0.174. The molecule has 0 radical (unpaired) electrons. The molecule has 2 aromatic carbocycles. The summed E-state index contributed by atoms with van der Waals surface area (Å²) in [6, 6.07) is 12.7. The van der Waals surface area contributed by atoms with Crippen LogP contribution in [0, 0.1) is 0 Å². The van der Waals surface area contributed by atoms with Gasteiger partial charge in [-0.2, -0.15) is 0 Å². The molecule has 0 atom stereocenters. The molecule has 0 unspecified atom stereocenters. The number of benzene rings is 2. The standard InChI is InChI=1S/C17H19NO3/c1-3-12-4-6-13(7-5-12)17(20)18-15-8-9-16(21-2)14(10-15)11-19/h4-10,19H,3,11H2,1-2H3,(H,18,20). The number of amides is 1. The van der Waals surface area contributed by atoms with E-state index in [2.05, 4.69) is 12.2 Å². The summed E-state index contributed by atoms with van der Waals surface area (Å²) in [5.41, 5.74) is 3.06. The topological polar surface area (TPSA) is 58.6 Å². The minimum Gasteiger partial charge on any atom is -0.496 e. The molecule has 0 heterocycles. The van der Waals surface area contributed by atoms with Gasteiger partial charge >= 0.3 is 0 Å². The number of ether oxygens (including phenoxy) is 1. The minimum absolute atomic E-state index is 0.141. The number of rotatable bonds is 5. The first-order valence-corrected chi connectivity index (χ1v) is 6.86. The molecule has 0 aliphatic carbocycles. The number of methoxy groups -OCH3 is 1. The van der Waals surface area contributed by atoms with Crippen LogP contribution in [0.3, 0.4) is 0 Å². The molecule has 0 bridgehead atoms. The molecule has 1 amide bonds. The van der Waals surface area contributed by atoms with Crippen LogP contribution in [-0.4, -0.2) is 18.1 Å². The van der Waals surface area contributed by atoms with Crippen molar-refractivity contribution in [3.63, 3.8) is 0 Å². The number of hydrogen-bond donors (Lipinski definition) is 2. The lowest BCUT2D eigenvalue weighted by Crippen LogP contribution is -2.12. The Kier molecular flexibility index (Phi) is 4.95. The molecule has 2 rings (SSSR count). The van der Waals surface area contributed by atoms with Gasteiger partial charge < -0.3 is 15.2 Å². The van der Waals surface area contributed by atoms with Gasteiger partial charge in [0.25, 0.3) is 5.91 Å². The maximum Gasteiger partial charge on any atom is 0.255 e. The summed E-state index contributed by atoms with van der Waals surface area (Å²) in [5.74, 6) is 0.425. The Hall–Kier alpha value is -2.33. The fraction of sp³-hybridized carbons (Fsp3) is 0.235. The third kappa shape index (κ3) is 3.61. The number of aliphatic hydroxyl groups is 1. The van der Waals surface area contributed by atoms with Gasteiger partial charge in [0.05, 0.1) is 13.7 Å². The normalized spacial score (nSPS) is 10.2. The lowest BCUT2D eigenvalue weighted by molar-refractivity contribution is 0.102. The fourth-order valence-electron chi connectivity index (χ4n) is 2.07. The Morgan fingerprint density at radius 2 is 1.90 bits per heavy atom. The molecule has 110 valence electrons. The number of aliphatic hydroxyl groups excluding tert-OH is 1. The molecule has 0 fully saturated rings. The van der Waals surface area contributed by atoms with Gasteiger partial charge in [0, 0.05) is 16.8 Å². The summed E-state index contributed by atoms with van der Waals surface area (Å²) in [4.78, 5) is 12.2. The predicted molar refractivity (Wildman–Crippen MR) is 82.7 cm³/mol. The second-order valence-electron chi connectivity index (χ2n) is 4.69. The second-order valence-corrected chi connectivity index (χ2v) is 4.69. The largest absolute Gasteiger partial charge is 0.496 e. The Labute approximate surface area is 124 Å². The lowest BCUT2D eigenvalue weighted by Gasteiger charge is -2.10. The van der Waals surface area contributed by atoms with Gasteiger partial charge in [-0.05, 0) is 42.3 Å². The van der Waals surface area contributed by atoms with Crippen molar-refractivity contribution in [1.82, 2.24) is 0 Å². The van der Waals surface area contributed by atoms with Crippen LogP contribution in [0.15, 0.2) is 42.5 Å². The first kappa shape index (κ1) is 15.1. The lowest BCUT2D eigenvalue weighted by atomic mass is 10.1. The summed E-state index contributed by atoms with van der Waals surface area (Å²) in [6.45, 7) is 1.93. The van der Waals surface area contributed by atoms with E-state index < -0.39 is 0 Å². The molecule has 2 N–H and O–H groups in total. The molecule has 4 nitrogen and oxygen atoms in total. The van der Waals surface area contributed by atoms with Crippen molar-refractivity contribution < 1.29 is 14.6 Å². The van der Waals surface area contributed by atoms with E-state index >= 15 is 0 Å². The van der Waals surface area contributed by atoms with Gasteiger partial charge in [-0.3, -0.25) is 4.79 Å². The average molecular weight is 285 g/mol. The third-order valence-electron chi connectivity index (χ3n) is 3.33. The summed E-state index contributed by atoms with van der Waals surface area (Å²) < 4.78 is 5.13. The van der Waals surface area contributed by atoms with Gasteiger partial charge in [-0.15, -0.1) is 0 Å². The monoisotopic (exact) mass is 285 g/mol. The van der Waals surface area contributed by atoms with Gasteiger partial charge in [-0.25, -0.2) is 0 Å². The van der Waals surface area contributed by atoms with Gasteiger partial charge in [0.1, 0.15) is 5.75 Å². The molecule has 21 heavy (non-hydrogen) atoms. The van der Waals surface area contributed by atoms with Crippen molar-refractivity contribution in [2.24, 2.45) is 0 Å². The van der Waals surface area contributed by atoms with Crippen molar-refractivity contribution in [3.8, 4) is 5.75 Å². The maximum absolute atomic E-state index is 12.2. The highest BCUT2D eigenvalue weighted by atomic mass is 16.5. The van der Waals surface area contributed by atoms with E-state index in [9.17, 15) is 9.90 Å². The number of hydrogen-bond acceptors (Lipinski definition) is 3. The van der Waals surface area contributed by atoms with Crippen LogP contribution in [0.1, 0.15) is 28.4 Å². The Balaban J connectivity index is 2.14. The summed E-state index contributed by atoms with van der Waals surface area (Å²) in [7, 11) is 1.54. The Morgan fingerprint density at radius 1 is 1.19 bits per heavy atom. The summed E-state index contributed by atoms with van der Waals surface area (Å²) in [6.07, 6.45) is 0.945. The first-order chi connectivity index (χ1) is 10.2. The number of aryl methyl sites for hydroxylation is 1. The van der Waals surface area contributed by atoms with Gasteiger partial charge in [0.2, 0.25) is 0 Å². The van der Waals surface area contributed by atoms with Crippen molar-refractivity contribution in [2.45, 2.75) is 20.0 Å².